The normalized spacial score (nSPS) is 11.4. The second-order valence-corrected chi connectivity index (χ2v) is 7.25. The van der Waals surface area contributed by atoms with E-state index in [1.54, 1.807) is 12.1 Å². The molecule has 5 heteroatoms. The number of benzene rings is 3. The van der Waals surface area contributed by atoms with Crippen LogP contribution in [0.3, 0.4) is 0 Å². The van der Waals surface area contributed by atoms with Gasteiger partial charge in [-0.25, -0.2) is 13.6 Å². The van der Waals surface area contributed by atoms with Crippen molar-refractivity contribution >= 4 is 15.7 Å². The summed E-state index contributed by atoms with van der Waals surface area (Å²) in [4.78, 5) is 0.115. The van der Waals surface area contributed by atoms with Crippen LogP contribution in [-0.4, -0.2) is 8.42 Å². The summed E-state index contributed by atoms with van der Waals surface area (Å²) in [6.45, 7) is 0. The molecule has 4 nitrogen and oxygen atoms in total. The van der Waals surface area contributed by atoms with E-state index in [4.69, 9.17) is 10.9 Å². The first-order chi connectivity index (χ1) is 11.4. The lowest BCUT2D eigenvalue weighted by molar-refractivity contribution is 0.598. The number of anilines is 1. The topological polar surface area (TPSA) is 86.2 Å². The molecule has 3 rings (SSSR count). The van der Waals surface area contributed by atoms with Crippen LogP contribution in [0.2, 0.25) is 0 Å². The van der Waals surface area contributed by atoms with Crippen LogP contribution in [0.4, 0.5) is 5.69 Å². The molecule has 3 aromatic rings. The standard InChI is InChI=1S/C19H18N2O2S/c20-18-3-1-2-15(13-18)12-14-4-6-16(7-5-14)17-8-10-19(11-9-17)24(21,22)23/h1-11,13H,12,20H2,(H2,21,22,23). The van der Waals surface area contributed by atoms with E-state index in [-0.39, 0.29) is 4.90 Å². The Kier molecular flexibility index (Phi) is 4.38. The molecule has 0 bridgehead atoms. The summed E-state index contributed by atoms with van der Waals surface area (Å²) in [6.07, 6.45) is 0.815. The van der Waals surface area contributed by atoms with Gasteiger partial charge in [0.2, 0.25) is 10.0 Å². The van der Waals surface area contributed by atoms with Gasteiger partial charge in [-0.05, 0) is 52.9 Å². The molecule has 0 saturated heterocycles. The zero-order valence-electron chi connectivity index (χ0n) is 13.0. The Morgan fingerprint density at radius 1 is 0.750 bits per heavy atom. The van der Waals surface area contributed by atoms with Gasteiger partial charge in [-0.1, -0.05) is 48.5 Å². The maximum atomic E-state index is 11.3. The van der Waals surface area contributed by atoms with E-state index in [9.17, 15) is 8.42 Å². The van der Waals surface area contributed by atoms with Gasteiger partial charge in [-0.3, -0.25) is 0 Å². The highest BCUT2D eigenvalue weighted by Gasteiger charge is 2.07. The van der Waals surface area contributed by atoms with Crippen LogP contribution in [0.5, 0.6) is 0 Å². The highest BCUT2D eigenvalue weighted by atomic mass is 32.2. The average molecular weight is 338 g/mol. The quantitative estimate of drug-likeness (QED) is 0.716. The largest absolute Gasteiger partial charge is 0.399 e. The summed E-state index contributed by atoms with van der Waals surface area (Å²) in [5.41, 5.74) is 10.9. The maximum Gasteiger partial charge on any atom is 0.238 e. The highest BCUT2D eigenvalue weighted by Crippen LogP contribution is 2.22. The van der Waals surface area contributed by atoms with Gasteiger partial charge in [0.25, 0.3) is 0 Å². The average Bonchev–Trinajstić information content (AvgIpc) is 2.55. The second kappa shape index (κ2) is 6.47. The van der Waals surface area contributed by atoms with Gasteiger partial charge in [-0.15, -0.1) is 0 Å². The van der Waals surface area contributed by atoms with Crippen LogP contribution in [0.1, 0.15) is 11.1 Å². The van der Waals surface area contributed by atoms with E-state index >= 15 is 0 Å². The number of nitrogen functional groups attached to an aromatic ring is 1. The van der Waals surface area contributed by atoms with Gasteiger partial charge >= 0.3 is 0 Å². The van der Waals surface area contributed by atoms with Crippen molar-refractivity contribution in [3.63, 3.8) is 0 Å². The Hall–Kier alpha value is -2.63. The summed E-state index contributed by atoms with van der Waals surface area (Å²) in [6, 6.07) is 22.6. The lowest BCUT2D eigenvalue weighted by Crippen LogP contribution is -2.11. The first-order valence-corrected chi connectivity index (χ1v) is 9.03. The first-order valence-electron chi connectivity index (χ1n) is 7.48. The molecule has 0 aliphatic heterocycles. The molecule has 0 radical (unpaired) electrons. The number of hydrogen-bond donors (Lipinski definition) is 2. The Labute approximate surface area is 141 Å². The van der Waals surface area contributed by atoms with Crippen molar-refractivity contribution in [3.05, 3.63) is 83.9 Å². The molecule has 0 unspecified atom stereocenters. The Balaban J connectivity index is 1.79. The minimum Gasteiger partial charge on any atom is -0.399 e. The highest BCUT2D eigenvalue weighted by molar-refractivity contribution is 7.89. The molecule has 3 aromatic carbocycles. The van der Waals surface area contributed by atoms with E-state index in [0.29, 0.717) is 0 Å². The molecule has 24 heavy (non-hydrogen) atoms. The fourth-order valence-corrected chi connectivity index (χ4v) is 3.11. The Morgan fingerprint density at radius 3 is 1.88 bits per heavy atom. The van der Waals surface area contributed by atoms with Gasteiger partial charge in [-0.2, -0.15) is 0 Å². The molecule has 4 N–H and O–H groups in total. The minimum absolute atomic E-state index is 0.115. The number of rotatable bonds is 4. The molecule has 0 spiro atoms. The van der Waals surface area contributed by atoms with Crippen LogP contribution in [0.25, 0.3) is 11.1 Å². The van der Waals surface area contributed by atoms with Crippen molar-refractivity contribution in [1.82, 2.24) is 0 Å². The zero-order valence-corrected chi connectivity index (χ0v) is 13.8. The molecule has 122 valence electrons. The van der Waals surface area contributed by atoms with Gasteiger partial charge in [0.1, 0.15) is 0 Å². The molecular weight excluding hydrogens is 320 g/mol. The monoisotopic (exact) mass is 338 g/mol. The minimum atomic E-state index is -3.66. The SMILES string of the molecule is Nc1cccc(Cc2ccc(-c3ccc(S(N)(=O)=O)cc3)cc2)c1. The lowest BCUT2D eigenvalue weighted by Gasteiger charge is -2.06. The van der Waals surface area contributed by atoms with Gasteiger partial charge in [0.15, 0.2) is 0 Å². The van der Waals surface area contributed by atoms with Gasteiger partial charge in [0, 0.05) is 5.69 Å². The fourth-order valence-electron chi connectivity index (χ4n) is 2.59. The predicted molar refractivity (Wildman–Crippen MR) is 96.9 cm³/mol. The van der Waals surface area contributed by atoms with Crippen LogP contribution in [-0.2, 0) is 16.4 Å². The maximum absolute atomic E-state index is 11.3. The van der Waals surface area contributed by atoms with Crippen molar-refractivity contribution < 1.29 is 8.42 Å². The first kappa shape index (κ1) is 16.2. The Bertz CT molecular complexity index is 947. The molecule has 0 fully saturated rings. The van der Waals surface area contributed by atoms with Crippen LogP contribution < -0.4 is 10.9 Å². The number of sulfonamides is 1. The Morgan fingerprint density at radius 2 is 1.33 bits per heavy atom. The molecule has 0 amide bonds. The summed E-state index contributed by atoms with van der Waals surface area (Å²) in [7, 11) is -3.66. The molecule has 0 heterocycles. The van der Waals surface area contributed by atoms with Crippen LogP contribution in [0.15, 0.2) is 77.7 Å². The summed E-state index contributed by atoms with van der Waals surface area (Å²) < 4.78 is 22.6. The van der Waals surface area contributed by atoms with Gasteiger partial charge in [0.05, 0.1) is 4.90 Å². The molecule has 0 saturated carbocycles. The van der Waals surface area contributed by atoms with Gasteiger partial charge < -0.3 is 5.73 Å². The van der Waals surface area contributed by atoms with E-state index in [1.165, 1.54) is 23.3 Å². The predicted octanol–water partition coefficient (Wildman–Crippen LogP) is 3.17. The lowest BCUT2D eigenvalue weighted by atomic mass is 10.0. The van der Waals surface area contributed by atoms with Crippen molar-refractivity contribution in [3.8, 4) is 11.1 Å². The summed E-state index contributed by atoms with van der Waals surface area (Å²) in [5.74, 6) is 0. The van der Waals surface area contributed by atoms with E-state index < -0.39 is 10.0 Å². The fraction of sp³-hybridized carbons (Fsp3) is 0.0526. The number of hydrogen-bond acceptors (Lipinski definition) is 3. The molecule has 0 aromatic heterocycles. The van der Waals surface area contributed by atoms with E-state index in [0.717, 1.165) is 23.2 Å². The molecular formula is C19H18N2O2S. The van der Waals surface area contributed by atoms with Crippen molar-refractivity contribution in [2.45, 2.75) is 11.3 Å². The smallest absolute Gasteiger partial charge is 0.238 e. The third kappa shape index (κ3) is 3.82. The number of primary sulfonamides is 1. The van der Waals surface area contributed by atoms with Crippen molar-refractivity contribution in [2.24, 2.45) is 5.14 Å². The molecule has 0 aliphatic rings. The third-order valence-corrected chi connectivity index (χ3v) is 4.76. The van der Waals surface area contributed by atoms with E-state index in [2.05, 4.69) is 18.2 Å². The molecule has 0 aliphatic carbocycles. The summed E-state index contributed by atoms with van der Waals surface area (Å²) >= 11 is 0. The number of nitrogens with two attached hydrogens (primary N) is 2. The van der Waals surface area contributed by atoms with E-state index in [1.807, 2.05) is 30.3 Å². The summed E-state index contributed by atoms with van der Waals surface area (Å²) in [5, 5.41) is 5.11. The van der Waals surface area contributed by atoms with Crippen LogP contribution >= 0.6 is 0 Å². The third-order valence-electron chi connectivity index (χ3n) is 3.83. The molecule has 0 atom stereocenters. The zero-order chi connectivity index (χ0) is 17.2. The van der Waals surface area contributed by atoms with Crippen molar-refractivity contribution in [1.29, 1.82) is 0 Å². The van der Waals surface area contributed by atoms with Crippen molar-refractivity contribution in [2.75, 3.05) is 5.73 Å². The van der Waals surface area contributed by atoms with Crippen LogP contribution in [0, 0.1) is 0 Å². The second-order valence-electron chi connectivity index (χ2n) is 5.69.